The molecule has 0 amide bonds. The van der Waals surface area contributed by atoms with Crippen LogP contribution in [0.3, 0.4) is 0 Å². The third-order valence-electron chi connectivity index (χ3n) is 2.19. The fourth-order valence-corrected chi connectivity index (χ4v) is 1.57. The van der Waals surface area contributed by atoms with Gasteiger partial charge < -0.3 is 9.52 Å². The van der Waals surface area contributed by atoms with Gasteiger partial charge in [-0.25, -0.2) is 4.79 Å². The quantitative estimate of drug-likeness (QED) is 0.715. The minimum atomic E-state index is -0.495. The summed E-state index contributed by atoms with van der Waals surface area (Å²) in [6, 6.07) is 1.59. The largest absolute Gasteiger partial charge is 0.420 e. The molecule has 0 radical (unpaired) electrons. The van der Waals surface area contributed by atoms with Crippen LogP contribution in [0.5, 0.6) is 0 Å². The average Bonchev–Trinajstić information content (AvgIpc) is 2.22. The summed E-state index contributed by atoms with van der Waals surface area (Å²) < 4.78 is 5.06. The number of aliphatic hydroxyl groups is 1. The van der Waals surface area contributed by atoms with Gasteiger partial charge in [0.05, 0.1) is 17.2 Å². The van der Waals surface area contributed by atoms with Crippen molar-refractivity contribution in [3.05, 3.63) is 33.9 Å². The predicted molar refractivity (Wildman–Crippen MR) is 58.2 cm³/mol. The van der Waals surface area contributed by atoms with Crippen LogP contribution in [0.1, 0.15) is 11.3 Å². The van der Waals surface area contributed by atoms with Crippen molar-refractivity contribution in [1.29, 1.82) is 0 Å². The molecule has 0 aliphatic heterocycles. The zero-order valence-corrected chi connectivity index (χ0v) is 8.91. The molecule has 0 aliphatic rings. The lowest BCUT2D eigenvalue weighted by atomic mass is 10.1. The van der Waals surface area contributed by atoms with E-state index < -0.39 is 5.63 Å². The lowest BCUT2D eigenvalue weighted by Gasteiger charge is -2.04. The molecule has 2 rings (SSSR count). The first-order valence-corrected chi connectivity index (χ1v) is 4.80. The molecule has 0 bridgehead atoms. The number of aromatic nitrogens is 1. The molecule has 0 aromatic carbocycles. The van der Waals surface area contributed by atoms with Gasteiger partial charge in [-0.1, -0.05) is 0 Å². The Kier molecular flexibility index (Phi) is 2.50. The normalized spacial score (nSPS) is 10.9. The molecular weight excluding hydrogens is 214 g/mol. The van der Waals surface area contributed by atoms with Crippen LogP contribution in [0, 0.1) is 6.92 Å². The smallest absolute Gasteiger partial charge is 0.349 e. The second-order valence-electron chi connectivity index (χ2n) is 3.19. The molecule has 0 aliphatic carbocycles. The van der Waals surface area contributed by atoms with E-state index in [1.165, 1.54) is 0 Å². The van der Waals surface area contributed by atoms with Gasteiger partial charge >= 0.3 is 5.63 Å². The highest BCUT2D eigenvalue weighted by atomic mass is 32.1. The van der Waals surface area contributed by atoms with Gasteiger partial charge in [0.25, 0.3) is 0 Å². The Morgan fingerprint density at radius 1 is 1.60 bits per heavy atom. The summed E-state index contributed by atoms with van der Waals surface area (Å²) >= 11 is 3.99. The van der Waals surface area contributed by atoms with Crippen molar-refractivity contribution in [3.63, 3.8) is 0 Å². The first-order valence-electron chi connectivity index (χ1n) is 4.35. The van der Waals surface area contributed by atoms with Gasteiger partial charge in [-0.05, 0) is 13.0 Å². The Labute approximate surface area is 91.0 Å². The van der Waals surface area contributed by atoms with Gasteiger partial charge in [0.2, 0.25) is 0 Å². The highest BCUT2D eigenvalue weighted by molar-refractivity contribution is 7.80. The van der Waals surface area contributed by atoms with E-state index in [0.29, 0.717) is 22.2 Å². The highest BCUT2D eigenvalue weighted by Gasteiger charge is 2.09. The summed E-state index contributed by atoms with van der Waals surface area (Å²) in [5, 5.41) is 9.78. The van der Waals surface area contributed by atoms with Gasteiger partial charge in [-0.15, -0.1) is 12.6 Å². The molecule has 2 aromatic heterocycles. The number of hydrogen-bond acceptors (Lipinski definition) is 5. The topological polar surface area (TPSA) is 63.3 Å². The van der Waals surface area contributed by atoms with Crippen molar-refractivity contribution in [2.75, 3.05) is 0 Å². The lowest BCUT2D eigenvalue weighted by Crippen LogP contribution is -2.02. The number of aryl methyl sites for hydroxylation is 1. The Morgan fingerprint density at radius 3 is 3.00 bits per heavy atom. The maximum Gasteiger partial charge on any atom is 0.349 e. The summed E-state index contributed by atoms with van der Waals surface area (Å²) in [7, 11) is 0. The molecule has 0 saturated heterocycles. The Bertz CT molecular complexity index is 577. The van der Waals surface area contributed by atoms with Crippen molar-refractivity contribution >= 4 is 23.6 Å². The average molecular weight is 223 g/mol. The first kappa shape index (κ1) is 10.2. The van der Waals surface area contributed by atoms with Gasteiger partial charge in [-0.2, -0.15) is 0 Å². The van der Waals surface area contributed by atoms with Crippen molar-refractivity contribution in [2.45, 2.75) is 18.4 Å². The molecule has 0 saturated carbocycles. The van der Waals surface area contributed by atoms with E-state index in [4.69, 9.17) is 9.52 Å². The van der Waals surface area contributed by atoms with Crippen LogP contribution in [-0.2, 0) is 6.61 Å². The fraction of sp³-hybridized carbons (Fsp3) is 0.200. The molecular formula is C10H9NO3S. The molecule has 5 heteroatoms. The maximum atomic E-state index is 11.3. The van der Waals surface area contributed by atoms with E-state index in [1.54, 1.807) is 19.2 Å². The van der Waals surface area contributed by atoms with Crippen LogP contribution in [0.25, 0.3) is 11.0 Å². The lowest BCUT2D eigenvalue weighted by molar-refractivity contribution is 0.282. The van der Waals surface area contributed by atoms with Crippen LogP contribution in [0.2, 0.25) is 0 Å². The molecule has 0 fully saturated rings. The zero-order valence-electron chi connectivity index (χ0n) is 8.02. The zero-order chi connectivity index (χ0) is 11.0. The van der Waals surface area contributed by atoms with E-state index in [9.17, 15) is 4.79 Å². The van der Waals surface area contributed by atoms with E-state index in [0.717, 1.165) is 0 Å². The van der Waals surface area contributed by atoms with Crippen LogP contribution in [0.4, 0.5) is 0 Å². The van der Waals surface area contributed by atoms with Crippen LogP contribution in [-0.4, -0.2) is 10.1 Å². The summed E-state index contributed by atoms with van der Waals surface area (Å²) in [6.07, 6.45) is 1.56. The van der Waals surface area contributed by atoms with E-state index in [2.05, 4.69) is 17.6 Å². The Balaban J connectivity index is 2.94. The molecule has 2 heterocycles. The van der Waals surface area contributed by atoms with Crippen molar-refractivity contribution in [3.8, 4) is 0 Å². The summed E-state index contributed by atoms with van der Waals surface area (Å²) in [5.74, 6) is 0. The van der Waals surface area contributed by atoms with Crippen LogP contribution in [0.15, 0.2) is 26.4 Å². The first-order chi connectivity index (χ1) is 7.13. The molecule has 0 unspecified atom stereocenters. The number of hydrogen-bond donors (Lipinski definition) is 2. The monoisotopic (exact) mass is 223 g/mol. The molecule has 4 nitrogen and oxygen atoms in total. The Morgan fingerprint density at radius 2 is 2.33 bits per heavy atom. The van der Waals surface area contributed by atoms with Crippen molar-refractivity contribution in [2.24, 2.45) is 0 Å². The maximum absolute atomic E-state index is 11.3. The van der Waals surface area contributed by atoms with Crippen molar-refractivity contribution in [1.82, 2.24) is 4.98 Å². The number of thiol groups is 1. The summed E-state index contributed by atoms with van der Waals surface area (Å²) in [4.78, 5) is 15.5. The standard InChI is InChI=1S/C10H9NO3S/c1-5-9-7(6(4-12)3-11-5)2-8(15)10(13)14-9/h2-3,12,15H,4H2,1H3. The number of fused-ring (bicyclic) bond motifs is 1. The third-order valence-corrected chi connectivity index (χ3v) is 2.50. The van der Waals surface area contributed by atoms with Gasteiger partial charge in [0, 0.05) is 17.1 Å². The van der Waals surface area contributed by atoms with E-state index >= 15 is 0 Å². The number of aliphatic hydroxyl groups excluding tert-OH is 1. The number of rotatable bonds is 1. The van der Waals surface area contributed by atoms with Gasteiger partial charge in [0.1, 0.15) is 0 Å². The fourth-order valence-electron chi connectivity index (χ4n) is 1.40. The molecule has 0 spiro atoms. The van der Waals surface area contributed by atoms with Crippen LogP contribution >= 0.6 is 12.6 Å². The second kappa shape index (κ2) is 3.67. The summed E-state index contributed by atoms with van der Waals surface area (Å²) in [5.41, 5.74) is 1.15. The van der Waals surface area contributed by atoms with Crippen molar-refractivity contribution < 1.29 is 9.52 Å². The van der Waals surface area contributed by atoms with Crippen LogP contribution < -0.4 is 5.63 Å². The third kappa shape index (κ3) is 1.64. The minimum absolute atomic E-state index is 0.148. The molecule has 2 aromatic rings. The predicted octanol–water partition coefficient (Wildman–Crippen LogP) is 1.28. The second-order valence-corrected chi connectivity index (χ2v) is 3.67. The van der Waals surface area contributed by atoms with Gasteiger partial charge in [0.15, 0.2) is 5.58 Å². The Hall–Kier alpha value is -1.33. The molecule has 78 valence electrons. The van der Waals surface area contributed by atoms with Gasteiger partial charge in [-0.3, -0.25) is 4.98 Å². The molecule has 0 atom stereocenters. The summed E-state index contributed by atoms with van der Waals surface area (Å²) in [6.45, 7) is 1.59. The molecule has 1 N–H and O–H groups in total. The number of nitrogens with zero attached hydrogens (tertiary/aromatic N) is 1. The minimum Gasteiger partial charge on any atom is -0.420 e. The van der Waals surface area contributed by atoms with E-state index in [1.807, 2.05) is 0 Å². The molecule has 15 heavy (non-hydrogen) atoms. The highest BCUT2D eigenvalue weighted by Crippen LogP contribution is 2.21. The SMILES string of the molecule is Cc1ncc(CO)c2cc(S)c(=O)oc12. The number of pyridine rings is 1. The van der Waals surface area contributed by atoms with E-state index in [-0.39, 0.29) is 11.5 Å².